The number of aryl methyl sites for hydroxylation is 1. The first-order chi connectivity index (χ1) is 9.22. The number of hydrogen-bond donors (Lipinski definition) is 2. The summed E-state index contributed by atoms with van der Waals surface area (Å²) in [4.78, 5) is 4.43. The third kappa shape index (κ3) is 1.79. The van der Waals surface area contributed by atoms with E-state index in [0.29, 0.717) is 22.6 Å². The van der Waals surface area contributed by atoms with Crippen LogP contribution in [0.4, 0.5) is 0 Å². The number of H-pyrrole nitrogens is 1. The molecule has 0 unspecified atom stereocenters. The summed E-state index contributed by atoms with van der Waals surface area (Å²) < 4.78 is 1.67. The van der Waals surface area contributed by atoms with Crippen molar-refractivity contribution in [1.29, 1.82) is 5.26 Å². The van der Waals surface area contributed by atoms with Gasteiger partial charge in [-0.15, -0.1) is 0 Å². The molecule has 94 valence electrons. The summed E-state index contributed by atoms with van der Waals surface area (Å²) in [5.41, 5.74) is 3.68. The van der Waals surface area contributed by atoms with Crippen LogP contribution in [0.1, 0.15) is 16.7 Å². The van der Waals surface area contributed by atoms with Gasteiger partial charge < -0.3 is 5.11 Å². The van der Waals surface area contributed by atoms with E-state index >= 15 is 0 Å². The summed E-state index contributed by atoms with van der Waals surface area (Å²) in [5, 5.41) is 21.4. The Morgan fingerprint density at radius 2 is 2.11 bits per heavy atom. The van der Waals surface area contributed by atoms with Gasteiger partial charge in [-0.2, -0.15) is 5.26 Å². The summed E-state index contributed by atoms with van der Waals surface area (Å²) in [6.45, 7) is 1.86. The van der Waals surface area contributed by atoms with E-state index < -0.39 is 0 Å². The topological polar surface area (TPSA) is 77.1 Å². The smallest absolute Gasteiger partial charge is 0.172 e. The SMILES string of the molecule is Cc1ccc(-c2nc3c(C#N)c(CO)cn3[nH]2)cc1. The molecule has 0 saturated carbocycles. The highest BCUT2D eigenvalue weighted by molar-refractivity contribution is 5.65. The molecule has 0 aliphatic heterocycles. The van der Waals surface area contributed by atoms with Crippen molar-refractivity contribution in [1.82, 2.24) is 14.6 Å². The standard InChI is InChI=1S/C14H12N4O/c1-9-2-4-10(5-3-9)13-16-14-12(6-15)11(8-19)7-18(14)17-13/h2-5,7,19H,8H2,1H3,(H,16,17). The molecule has 2 aromatic heterocycles. The number of nitriles is 1. The third-order valence-electron chi connectivity index (χ3n) is 3.11. The van der Waals surface area contributed by atoms with Crippen molar-refractivity contribution in [3.63, 3.8) is 0 Å². The zero-order valence-electron chi connectivity index (χ0n) is 10.4. The van der Waals surface area contributed by atoms with E-state index in [0.717, 1.165) is 5.56 Å². The quantitative estimate of drug-likeness (QED) is 0.732. The zero-order valence-corrected chi connectivity index (χ0v) is 10.4. The van der Waals surface area contributed by atoms with Crippen LogP contribution in [0.15, 0.2) is 30.5 Å². The van der Waals surface area contributed by atoms with Crippen LogP contribution in [0.2, 0.25) is 0 Å². The van der Waals surface area contributed by atoms with Gasteiger partial charge in [0, 0.05) is 17.3 Å². The average Bonchev–Trinajstić information content (AvgIpc) is 2.95. The van der Waals surface area contributed by atoms with Crippen molar-refractivity contribution in [2.75, 3.05) is 0 Å². The summed E-state index contributed by atoms with van der Waals surface area (Å²) >= 11 is 0. The van der Waals surface area contributed by atoms with Crippen molar-refractivity contribution >= 4 is 5.65 Å². The van der Waals surface area contributed by atoms with Crippen LogP contribution in [0.5, 0.6) is 0 Å². The molecule has 5 heteroatoms. The van der Waals surface area contributed by atoms with Crippen LogP contribution < -0.4 is 0 Å². The van der Waals surface area contributed by atoms with Gasteiger partial charge in [-0.25, -0.2) is 9.50 Å². The zero-order chi connectivity index (χ0) is 13.4. The van der Waals surface area contributed by atoms with E-state index in [1.54, 1.807) is 10.7 Å². The van der Waals surface area contributed by atoms with E-state index in [-0.39, 0.29) is 6.61 Å². The first-order valence-corrected chi connectivity index (χ1v) is 5.91. The van der Waals surface area contributed by atoms with Crippen LogP contribution in [0.25, 0.3) is 17.0 Å². The number of aliphatic hydroxyl groups excluding tert-OH is 1. The number of fused-ring (bicyclic) bond motifs is 1. The first-order valence-electron chi connectivity index (χ1n) is 5.91. The lowest BCUT2D eigenvalue weighted by molar-refractivity contribution is 0.281. The molecule has 5 nitrogen and oxygen atoms in total. The van der Waals surface area contributed by atoms with Gasteiger partial charge >= 0.3 is 0 Å². The Bertz CT molecular complexity index is 774. The molecule has 0 bridgehead atoms. The van der Waals surface area contributed by atoms with Crippen molar-refractivity contribution in [2.45, 2.75) is 13.5 Å². The lowest BCUT2D eigenvalue weighted by Crippen LogP contribution is -1.86. The molecule has 19 heavy (non-hydrogen) atoms. The van der Waals surface area contributed by atoms with Crippen molar-refractivity contribution in [3.8, 4) is 17.5 Å². The van der Waals surface area contributed by atoms with Gasteiger partial charge in [0.15, 0.2) is 11.5 Å². The fraction of sp³-hybridized carbons (Fsp3) is 0.143. The lowest BCUT2D eigenvalue weighted by atomic mass is 10.1. The number of nitrogens with zero attached hydrogens (tertiary/aromatic N) is 3. The molecule has 2 N–H and O–H groups in total. The Labute approximate surface area is 109 Å². The summed E-state index contributed by atoms with van der Waals surface area (Å²) in [7, 11) is 0. The minimum absolute atomic E-state index is 0.167. The predicted molar refractivity (Wildman–Crippen MR) is 70.4 cm³/mol. The van der Waals surface area contributed by atoms with Crippen LogP contribution >= 0.6 is 0 Å². The maximum atomic E-state index is 9.18. The fourth-order valence-corrected chi connectivity index (χ4v) is 2.07. The normalized spacial score (nSPS) is 10.8. The lowest BCUT2D eigenvalue weighted by Gasteiger charge is -1.96. The molecule has 0 atom stereocenters. The molecular weight excluding hydrogens is 240 g/mol. The van der Waals surface area contributed by atoms with Gasteiger partial charge in [-0.3, -0.25) is 5.10 Å². The maximum absolute atomic E-state index is 9.18. The molecule has 0 aliphatic carbocycles. The van der Waals surface area contributed by atoms with Crippen molar-refractivity contribution < 1.29 is 5.11 Å². The highest BCUT2D eigenvalue weighted by atomic mass is 16.3. The van der Waals surface area contributed by atoms with Gasteiger partial charge in [0.05, 0.1) is 6.61 Å². The Morgan fingerprint density at radius 3 is 2.74 bits per heavy atom. The molecule has 1 aromatic carbocycles. The van der Waals surface area contributed by atoms with Crippen LogP contribution in [-0.4, -0.2) is 19.7 Å². The van der Waals surface area contributed by atoms with E-state index in [4.69, 9.17) is 5.26 Å². The number of benzene rings is 1. The molecule has 0 amide bonds. The van der Waals surface area contributed by atoms with Gasteiger partial charge in [-0.05, 0) is 6.92 Å². The van der Waals surface area contributed by atoms with Gasteiger partial charge in [0.25, 0.3) is 0 Å². The Hall–Kier alpha value is -2.58. The summed E-state index contributed by atoms with van der Waals surface area (Å²) in [5.74, 6) is 0.705. The molecule has 3 rings (SSSR count). The molecular formula is C14H12N4O. The predicted octanol–water partition coefficient (Wildman–Crippen LogP) is 2.00. The highest BCUT2D eigenvalue weighted by Gasteiger charge is 2.14. The van der Waals surface area contributed by atoms with E-state index in [9.17, 15) is 5.11 Å². The van der Waals surface area contributed by atoms with Crippen LogP contribution in [0, 0.1) is 18.3 Å². The minimum Gasteiger partial charge on any atom is -0.392 e. The van der Waals surface area contributed by atoms with E-state index in [1.165, 1.54) is 5.56 Å². The number of nitrogens with one attached hydrogen (secondary N) is 1. The van der Waals surface area contributed by atoms with E-state index in [1.807, 2.05) is 31.2 Å². The van der Waals surface area contributed by atoms with E-state index in [2.05, 4.69) is 16.2 Å². The van der Waals surface area contributed by atoms with Crippen molar-refractivity contribution in [3.05, 3.63) is 47.2 Å². The van der Waals surface area contributed by atoms with Gasteiger partial charge in [0.2, 0.25) is 0 Å². The Kier molecular flexibility index (Phi) is 2.58. The largest absolute Gasteiger partial charge is 0.392 e. The Morgan fingerprint density at radius 1 is 1.37 bits per heavy atom. The fourth-order valence-electron chi connectivity index (χ4n) is 2.07. The molecule has 0 saturated heterocycles. The highest BCUT2D eigenvalue weighted by Crippen LogP contribution is 2.21. The summed E-state index contributed by atoms with van der Waals surface area (Å²) in [6, 6.07) is 10.1. The molecule has 2 heterocycles. The monoisotopic (exact) mass is 252 g/mol. The number of aliphatic hydroxyl groups is 1. The van der Waals surface area contributed by atoms with Crippen LogP contribution in [-0.2, 0) is 6.61 Å². The van der Waals surface area contributed by atoms with Crippen LogP contribution in [0.3, 0.4) is 0 Å². The number of hydrogen-bond acceptors (Lipinski definition) is 3. The first kappa shape index (κ1) is 11.5. The molecule has 0 spiro atoms. The third-order valence-corrected chi connectivity index (χ3v) is 3.11. The van der Waals surface area contributed by atoms with Gasteiger partial charge in [-0.1, -0.05) is 29.8 Å². The molecule has 0 radical (unpaired) electrons. The number of rotatable bonds is 2. The maximum Gasteiger partial charge on any atom is 0.172 e. The second kappa shape index (κ2) is 4.26. The Balaban J connectivity index is 2.15. The minimum atomic E-state index is -0.167. The second-order valence-corrected chi connectivity index (χ2v) is 4.43. The molecule has 3 aromatic rings. The van der Waals surface area contributed by atoms with Crippen molar-refractivity contribution in [2.24, 2.45) is 0 Å². The number of aromatic nitrogens is 3. The average molecular weight is 252 g/mol. The molecule has 0 aliphatic rings. The van der Waals surface area contributed by atoms with Gasteiger partial charge in [0.1, 0.15) is 11.6 Å². The molecule has 0 fully saturated rings. The summed E-state index contributed by atoms with van der Waals surface area (Å²) in [6.07, 6.45) is 1.69. The second-order valence-electron chi connectivity index (χ2n) is 4.43. The number of aromatic amines is 1.